The average molecular weight is 477 g/mol. The fourth-order valence-electron chi connectivity index (χ4n) is 4.38. The zero-order valence-corrected chi connectivity index (χ0v) is 19.4. The number of halogens is 1. The SMILES string of the molecule is O=C(CCc1ccncc1)N1CCN(C(=O)C2Nc3cc(Cl)ccc3Oc3ccccc32)CC1. The van der Waals surface area contributed by atoms with E-state index in [-0.39, 0.29) is 11.8 Å². The Hall–Kier alpha value is -3.58. The first kappa shape index (κ1) is 22.2. The van der Waals surface area contributed by atoms with Crippen LogP contribution in [0.4, 0.5) is 5.69 Å². The molecule has 1 saturated heterocycles. The fourth-order valence-corrected chi connectivity index (χ4v) is 4.55. The van der Waals surface area contributed by atoms with Crippen LogP contribution in [0.5, 0.6) is 11.5 Å². The van der Waals surface area contributed by atoms with Crippen LogP contribution in [0.2, 0.25) is 5.02 Å². The molecule has 8 heteroatoms. The number of carbonyl (C=O) groups is 2. The van der Waals surface area contributed by atoms with Gasteiger partial charge in [0.05, 0.1) is 5.69 Å². The van der Waals surface area contributed by atoms with Crippen molar-refractivity contribution in [1.29, 1.82) is 0 Å². The summed E-state index contributed by atoms with van der Waals surface area (Å²) in [6, 6.07) is 16.1. The molecule has 3 heterocycles. The smallest absolute Gasteiger partial charge is 0.249 e. The van der Waals surface area contributed by atoms with Gasteiger partial charge in [0.2, 0.25) is 11.8 Å². The predicted molar refractivity (Wildman–Crippen MR) is 130 cm³/mol. The third-order valence-electron chi connectivity index (χ3n) is 6.26. The van der Waals surface area contributed by atoms with Crippen molar-refractivity contribution in [2.45, 2.75) is 18.9 Å². The molecular formula is C26H25ClN4O3. The van der Waals surface area contributed by atoms with Gasteiger partial charge in [0.15, 0.2) is 5.75 Å². The molecule has 1 fully saturated rings. The number of para-hydroxylation sites is 1. The normalized spacial score (nSPS) is 17.0. The van der Waals surface area contributed by atoms with Gasteiger partial charge in [-0.1, -0.05) is 29.8 Å². The van der Waals surface area contributed by atoms with E-state index in [1.165, 1.54) is 0 Å². The first-order chi connectivity index (χ1) is 16.6. The highest BCUT2D eigenvalue weighted by Gasteiger charge is 2.33. The highest BCUT2D eigenvalue weighted by atomic mass is 35.5. The molecule has 1 unspecified atom stereocenters. The Kier molecular flexibility index (Phi) is 6.36. The van der Waals surface area contributed by atoms with Gasteiger partial charge in [-0.25, -0.2) is 0 Å². The lowest BCUT2D eigenvalue weighted by molar-refractivity contribution is -0.140. The van der Waals surface area contributed by atoms with Crippen LogP contribution in [-0.4, -0.2) is 52.8 Å². The molecule has 34 heavy (non-hydrogen) atoms. The molecular weight excluding hydrogens is 452 g/mol. The zero-order valence-electron chi connectivity index (χ0n) is 18.6. The molecule has 174 valence electrons. The van der Waals surface area contributed by atoms with Crippen LogP contribution < -0.4 is 10.1 Å². The van der Waals surface area contributed by atoms with Crippen LogP contribution in [0.15, 0.2) is 67.0 Å². The van der Waals surface area contributed by atoms with Gasteiger partial charge in [-0.05, 0) is 48.4 Å². The van der Waals surface area contributed by atoms with Gasteiger partial charge in [0.1, 0.15) is 11.8 Å². The summed E-state index contributed by atoms with van der Waals surface area (Å²) in [4.78, 5) is 34.0. The lowest BCUT2D eigenvalue weighted by atomic mass is 10.0. The highest BCUT2D eigenvalue weighted by Crippen LogP contribution is 2.41. The van der Waals surface area contributed by atoms with Crippen LogP contribution in [0.1, 0.15) is 23.6 Å². The van der Waals surface area contributed by atoms with E-state index in [1.54, 1.807) is 30.6 Å². The van der Waals surface area contributed by atoms with E-state index in [4.69, 9.17) is 16.3 Å². The van der Waals surface area contributed by atoms with E-state index in [2.05, 4.69) is 10.3 Å². The van der Waals surface area contributed by atoms with E-state index < -0.39 is 6.04 Å². The lowest BCUT2D eigenvalue weighted by Crippen LogP contribution is -2.52. The van der Waals surface area contributed by atoms with Crippen molar-refractivity contribution in [2.24, 2.45) is 0 Å². The molecule has 0 radical (unpaired) electrons. The Morgan fingerprint density at radius 2 is 1.71 bits per heavy atom. The second-order valence-corrected chi connectivity index (χ2v) is 8.86. The summed E-state index contributed by atoms with van der Waals surface area (Å²) in [6.07, 6.45) is 4.61. The Bertz CT molecular complexity index is 1200. The number of hydrogen-bond donors (Lipinski definition) is 1. The number of fused-ring (bicyclic) bond motifs is 2. The van der Waals surface area contributed by atoms with Crippen molar-refractivity contribution in [3.05, 3.63) is 83.1 Å². The number of rotatable bonds is 4. The highest BCUT2D eigenvalue weighted by molar-refractivity contribution is 6.31. The summed E-state index contributed by atoms with van der Waals surface area (Å²) < 4.78 is 6.09. The van der Waals surface area contributed by atoms with Gasteiger partial charge in [-0.2, -0.15) is 0 Å². The summed E-state index contributed by atoms with van der Waals surface area (Å²) in [5, 5.41) is 3.90. The van der Waals surface area contributed by atoms with Crippen molar-refractivity contribution in [3.63, 3.8) is 0 Å². The Morgan fingerprint density at radius 1 is 0.971 bits per heavy atom. The number of ether oxygens (including phenoxy) is 1. The molecule has 2 aliphatic heterocycles. The van der Waals surface area contributed by atoms with Crippen molar-refractivity contribution in [1.82, 2.24) is 14.8 Å². The lowest BCUT2D eigenvalue weighted by Gasteiger charge is -2.36. The zero-order chi connectivity index (χ0) is 23.5. The minimum atomic E-state index is -0.607. The summed E-state index contributed by atoms with van der Waals surface area (Å²) in [6.45, 7) is 2.02. The number of amides is 2. The van der Waals surface area contributed by atoms with E-state index >= 15 is 0 Å². The molecule has 0 spiro atoms. The van der Waals surface area contributed by atoms with E-state index in [9.17, 15) is 9.59 Å². The minimum Gasteiger partial charge on any atom is -0.455 e. The third kappa shape index (κ3) is 4.70. The number of nitrogens with zero attached hydrogens (tertiary/aromatic N) is 3. The van der Waals surface area contributed by atoms with Crippen molar-refractivity contribution in [2.75, 3.05) is 31.5 Å². The van der Waals surface area contributed by atoms with Crippen LogP contribution in [0.3, 0.4) is 0 Å². The molecule has 3 aromatic rings. The van der Waals surface area contributed by atoms with Gasteiger partial charge < -0.3 is 19.9 Å². The maximum atomic E-state index is 13.6. The molecule has 2 aromatic carbocycles. The predicted octanol–water partition coefficient (Wildman–Crippen LogP) is 4.30. The summed E-state index contributed by atoms with van der Waals surface area (Å²) >= 11 is 6.20. The first-order valence-corrected chi connectivity index (χ1v) is 11.7. The minimum absolute atomic E-state index is 0.0484. The van der Waals surface area contributed by atoms with Crippen LogP contribution in [0, 0.1) is 0 Å². The molecule has 1 aromatic heterocycles. The molecule has 5 rings (SSSR count). The van der Waals surface area contributed by atoms with Crippen LogP contribution >= 0.6 is 11.6 Å². The van der Waals surface area contributed by atoms with Crippen LogP contribution in [0.25, 0.3) is 0 Å². The maximum Gasteiger partial charge on any atom is 0.249 e. The van der Waals surface area contributed by atoms with E-state index in [0.29, 0.717) is 61.2 Å². The van der Waals surface area contributed by atoms with Gasteiger partial charge in [-0.3, -0.25) is 14.6 Å². The second-order valence-electron chi connectivity index (χ2n) is 8.42. The molecule has 2 amide bonds. The molecule has 0 saturated carbocycles. The van der Waals surface area contributed by atoms with Crippen molar-refractivity contribution < 1.29 is 14.3 Å². The molecule has 0 aliphatic carbocycles. The third-order valence-corrected chi connectivity index (χ3v) is 6.49. The summed E-state index contributed by atoms with van der Waals surface area (Å²) in [5.74, 6) is 1.32. The number of pyridine rings is 1. The molecule has 7 nitrogen and oxygen atoms in total. The van der Waals surface area contributed by atoms with E-state index in [0.717, 1.165) is 11.1 Å². The van der Waals surface area contributed by atoms with Gasteiger partial charge >= 0.3 is 0 Å². The summed E-state index contributed by atoms with van der Waals surface area (Å²) in [5.41, 5.74) is 2.54. The number of nitrogens with one attached hydrogen (secondary N) is 1. The van der Waals surface area contributed by atoms with Crippen molar-refractivity contribution in [3.8, 4) is 11.5 Å². The largest absolute Gasteiger partial charge is 0.455 e. The Morgan fingerprint density at radius 3 is 2.50 bits per heavy atom. The first-order valence-electron chi connectivity index (χ1n) is 11.4. The van der Waals surface area contributed by atoms with E-state index in [1.807, 2.05) is 46.2 Å². The maximum absolute atomic E-state index is 13.6. The average Bonchev–Trinajstić information content (AvgIpc) is 3.04. The molecule has 1 N–H and O–H groups in total. The number of aromatic nitrogens is 1. The standard InChI is InChI=1S/C26H25ClN4O3/c27-19-6-7-23-21(17-19)29-25(20-3-1-2-4-22(20)34-23)26(33)31-15-13-30(14-16-31)24(32)8-5-18-9-11-28-12-10-18/h1-4,6-7,9-12,17,25,29H,5,8,13-16H2. The molecule has 0 bridgehead atoms. The summed E-state index contributed by atoms with van der Waals surface area (Å²) in [7, 11) is 0. The Balaban J connectivity index is 1.26. The quantitative estimate of drug-likeness (QED) is 0.607. The molecule has 2 aliphatic rings. The monoisotopic (exact) mass is 476 g/mol. The van der Waals surface area contributed by atoms with Gasteiger partial charge in [0.25, 0.3) is 0 Å². The topological polar surface area (TPSA) is 74.8 Å². The number of benzene rings is 2. The second kappa shape index (κ2) is 9.73. The number of aryl methyl sites for hydroxylation is 1. The van der Waals surface area contributed by atoms with Gasteiger partial charge in [-0.15, -0.1) is 0 Å². The Labute approximate surface area is 203 Å². The fraction of sp³-hybridized carbons (Fsp3) is 0.269. The number of carbonyl (C=O) groups excluding carboxylic acids is 2. The van der Waals surface area contributed by atoms with Gasteiger partial charge in [0, 0.05) is 55.6 Å². The van der Waals surface area contributed by atoms with Crippen molar-refractivity contribution >= 4 is 29.1 Å². The molecule has 1 atom stereocenters. The number of anilines is 1. The number of hydrogen-bond acceptors (Lipinski definition) is 5. The van der Waals surface area contributed by atoms with Crippen LogP contribution in [-0.2, 0) is 16.0 Å². The number of piperazine rings is 1.